The number of nitrogens with one attached hydrogen (secondary N) is 2. The van der Waals surface area contributed by atoms with Gasteiger partial charge in [-0.25, -0.2) is 4.79 Å². The zero-order chi connectivity index (χ0) is 34.5. The maximum atomic E-state index is 13.0. The molecule has 6 rings (SSSR count). The van der Waals surface area contributed by atoms with Crippen molar-refractivity contribution >= 4 is 35.2 Å². The van der Waals surface area contributed by atoms with E-state index < -0.39 is 6.03 Å². The van der Waals surface area contributed by atoms with Crippen molar-refractivity contribution in [2.75, 3.05) is 79.6 Å². The highest BCUT2D eigenvalue weighted by Gasteiger charge is 2.36. The van der Waals surface area contributed by atoms with E-state index >= 15 is 0 Å². The van der Waals surface area contributed by atoms with Gasteiger partial charge in [0.1, 0.15) is 0 Å². The minimum Gasteiger partial charge on any atom is -0.394 e. The summed E-state index contributed by atoms with van der Waals surface area (Å²) in [6, 6.07) is 13.9. The average molecular weight is 674 g/mol. The molecule has 3 aliphatic heterocycles. The largest absolute Gasteiger partial charge is 0.394 e. The van der Waals surface area contributed by atoms with Gasteiger partial charge in [-0.1, -0.05) is 0 Å². The van der Waals surface area contributed by atoms with E-state index in [-0.39, 0.29) is 37.2 Å². The van der Waals surface area contributed by atoms with Gasteiger partial charge in [0.2, 0.25) is 11.9 Å². The second-order valence-corrected chi connectivity index (χ2v) is 13.2. The van der Waals surface area contributed by atoms with Crippen molar-refractivity contribution in [3.63, 3.8) is 0 Å². The van der Waals surface area contributed by atoms with Gasteiger partial charge in [0.25, 0.3) is 5.91 Å². The number of hydrogen-bond donors (Lipinski definition) is 4. The number of carbonyl (C=O) groups excluding carboxylic acids is 2. The highest BCUT2D eigenvalue weighted by Crippen LogP contribution is 2.31. The standard InChI is InChI=1S/C35H47N9O5/c1-23(2)41-14-16-42(17-15-41)32(47)26-6-10-28(11-7-26)37-35(48)36-27-8-4-25(5-9-27)31-38-33(43-18-19-49-22-24(43)3)40-34(39-31)44-29(20-45)12-13-30(44)21-46/h4-11,23-24,29-30,45-46H,12-22H2,1-3H3,(H2,36,37,48)/t24-,29-,30+/m1/s1. The predicted molar refractivity (Wildman–Crippen MR) is 188 cm³/mol. The first-order valence-corrected chi connectivity index (χ1v) is 17.2. The van der Waals surface area contributed by atoms with E-state index in [1.165, 1.54) is 0 Å². The van der Waals surface area contributed by atoms with Gasteiger partial charge in [0, 0.05) is 61.3 Å². The summed E-state index contributed by atoms with van der Waals surface area (Å²) >= 11 is 0. The minimum atomic E-state index is -0.415. The molecule has 262 valence electrons. The molecule has 3 fully saturated rings. The summed E-state index contributed by atoms with van der Waals surface area (Å²) in [6.45, 7) is 11.1. The number of carbonyl (C=O) groups is 2. The van der Waals surface area contributed by atoms with E-state index in [4.69, 9.17) is 19.7 Å². The van der Waals surface area contributed by atoms with Gasteiger partial charge < -0.3 is 40.3 Å². The third-order valence-electron chi connectivity index (χ3n) is 9.63. The fourth-order valence-electron chi connectivity index (χ4n) is 6.71. The van der Waals surface area contributed by atoms with Crippen molar-refractivity contribution < 1.29 is 24.5 Å². The predicted octanol–water partition coefficient (Wildman–Crippen LogP) is 2.90. The van der Waals surface area contributed by atoms with Crippen LogP contribution in [0.25, 0.3) is 11.4 Å². The molecule has 14 heteroatoms. The normalized spacial score (nSPS) is 21.7. The Morgan fingerprint density at radius 2 is 1.43 bits per heavy atom. The third kappa shape index (κ3) is 7.93. The fourth-order valence-corrected chi connectivity index (χ4v) is 6.71. The Hall–Kier alpha value is -4.37. The van der Waals surface area contributed by atoms with Crippen LogP contribution in [0.4, 0.5) is 28.1 Å². The van der Waals surface area contributed by atoms with Gasteiger partial charge in [-0.2, -0.15) is 15.0 Å². The van der Waals surface area contributed by atoms with E-state index in [0.717, 1.165) is 31.5 Å². The Balaban J connectivity index is 1.12. The van der Waals surface area contributed by atoms with Crippen LogP contribution in [0.2, 0.25) is 0 Å². The number of amides is 3. The summed E-state index contributed by atoms with van der Waals surface area (Å²) in [5.74, 6) is 1.38. The molecule has 49 heavy (non-hydrogen) atoms. The van der Waals surface area contributed by atoms with Crippen molar-refractivity contribution in [1.82, 2.24) is 24.8 Å². The lowest BCUT2D eigenvalue weighted by Gasteiger charge is -2.37. The second kappa shape index (κ2) is 15.5. The molecule has 0 bridgehead atoms. The van der Waals surface area contributed by atoms with Gasteiger partial charge in [0.05, 0.1) is 44.6 Å². The molecule has 0 radical (unpaired) electrons. The summed E-state index contributed by atoms with van der Waals surface area (Å²) in [6.07, 6.45) is 1.46. The van der Waals surface area contributed by atoms with Gasteiger partial charge in [0.15, 0.2) is 5.82 Å². The Bertz CT molecular complexity index is 1570. The maximum Gasteiger partial charge on any atom is 0.323 e. The Morgan fingerprint density at radius 3 is 2.00 bits per heavy atom. The molecule has 0 saturated carbocycles. The van der Waals surface area contributed by atoms with Crippen LogP contribution in [0.5, 0.6) is 0 Å². The molecule has 2 aromatic carbocycles. The molecule has 4 heterocycles. The van der Waals surface area contributed by atoms with E-state index in [2.05, 4.69) is 41.2 Å². The van der Waals surface area contributed by atoms with Crippen LogP contribution in [-0.2, 0) is 4.74 Å². The summed E-state index contributed by atoms with van der Waals surface area (Å²) in [5.41, 5.74) is 2.46. The lowest BCUT2D eigenvalue weighted by atomic mass is 10.1. The first-order valence-electron chi connectivity index (χ1n) is 17.2. The van der Waals surface area contributed by atoms with Crippen LogP contribution in [0.1, 0.15) is 44.0 Å². The average Bonchev–Trinajstić information content (AvgIpc) is 3.55. The molecule has 0 spiro atoms. The van der Waals surface area contributed by atoms with Crippen LogP contribution in [0.15, 0.2) is 48.5 Å². The Kier molecular flexibility index (Phi) is 10.9. The summed E-state index contributed by atoms with van der Waals surface area (Å²) in [7, 11) is 0. The molecule has 3 amide bonds. The summed E-state index contributed by atoms with van der Waals surface area (Å²) in [5, 5.41) is 25.8. The number of aliphatic hydroxyl groups is 2. The van der Waals surface area contributed by atoms with Crippen molar-refractivity contribution in [3.8, 4) is 11.4 Å². The molecule has 3 atom stereocenters. The number of piperazine rings is 1. The van der Waals surface area contributed by atoms with Crippen LogP contribution < -0.4 is 20.4 Å². The van der Waals surface area contributed by atoms with E-state index in [0.29, 0.717) is 73.5 Å². The third-order valence-corrected chi connectivity index (χ3v) is 9.63. The number of aliphatic hydroxyl groups excluding tert-OH is 2. The molecular formula is C35H47N9O5. The summed E-state index contributed by atoms with van der Waals surface area (Å²) in [4.78, 5) is 48.5. The number of aromatic nitrogens is 3. The van der Waals surface area contributed by atoms with E-state index in [9.17, 15) is 19.8 Å². The maximum absolute atomic E-state index is 13.0. The van der Waals surface area contributed by atoms with Crippen LogP contribution in [0, 0.1) is 0 Å². The van der Waals surface area contributed by atoms with Crippen LogP contribution in [-0.4, -0.2) is 130 Å². The van der Waals surface area contributed by atoms with Gasteiger partial charge >= 0.3 is 6.03 Å². The number of hydrogen-bond acceptors (Lipinski definition) is 11. The van der Waals surface area contributed by atoms with Crippen molar-refractivity contribution in [1.29, 1.82) is 0 Å². The molecule has 3 aliphatic rings. The first-order chi connectivity index (χ1) is 23.7. The number of rotatable bonds is 9. The number of morpholine rings is 1. The number of nitrogens with zero attached hydrogens (tertiary/aromatic N) is 7. The molecule has 0 aliphatic carbocycles. The smallest absolute Gasteiger partial charge is 0.323 e. The van der Waals surface area contributed by atoms with Crippen LogP contribution >= 0.6 is 0 Å². The molecule has 14 nitrogen and oxygen atoms in total. The zero-order valence-electron chi connectivity index (χ0n) is 28.5. The number of benzene rings is 2. The van der Waals surface area contributed by atoms with Gasteiger partial charge in [-0.15, -0.1) is 0 Å². The van der Waals surface area contributed by atoms with Crippen molar-refractivity contribution in [2.24, 2.45) is 0 Å². The Labute approximate surface area is 287 Å². The van der Waals surface area contributed by atoms with Crippen LogP contribution in [0.3, 0.4) is 0 Å². The number of urea groups is 1. The Morgan fingerprint density at radius 1 is 0.837 bits per heavy atom. The van der Waals surface area contributed by atoms with Gasteiger partial charge in [-0.3, -0.25) is 9.69 Å². The van der Waals surface area contributed by atoms with Gasteiger partial charge in [-0.05, 0) is 82.1 Å². The molecule has 4 N–H and O–H groups in total. The highest BCUT2D eigenvalue weighted by molar-refractivity contribution is 6.00. The summed E-state index contributed by atoms with van der Waals surface area (Å²) < 4.78 is 5.63. The quantitative estimate of drug-likeness (QED) is 0.265. The minimum absolute atomic E-state index is 0.00164. The molecule has 0 unspecified atom stereocenters. The monoisotopic (exact) mass is 673 g/mol. The molecule has 3 saturated heterocycles. The van der Waals surface area contributed by atoms with E-state index in [1.807, 2.05) is 21.9 Å². The van der Waals surface area contributed by atoms with Crippen molar-refractivity contribution in [2.45, 2.75) is 57.8 Å². The zero-order valence-corrected chi connectivity index (χ0v) is 28.5. The van der Waals surface area contributed by atoms with Crippen molar-refractivity contribution in [3.05, 3.63) is 54.1 Å². The number of anilines is 4. The lowest BCUT2D eigenvalue weighted by molar-refractivity contribution is 0.0595. The second-order valence-electron chi connectivity index (χ2n) is 13.2. The SMILES string of the molecule is CC(C)N1CCN(C(=O)c2ccc(NC(=O)Nc3ccc(-c4nc(N5CCOC[C@H]5C)nc(N5[C@H](CO)CC[C@@H]5CO)n4)cc3)cc2)CC1. The molecular weight excluding hydrogens is 626 g/mol. The molecule has 1 aromatic heterocycles. The topological polar surface area (TPSA) is 160 Å². The lowest BCUT2D eigenvalue weighted by Crippen LogP contribution is -2.50. The highest BCUT2D eigenvalue weighted by atomic mass is 16.5. The fraction of sp³-hybridized carbons (Fsp3) is 0.514. The number of ether oxygens (including phenoxy) is 1. The first kappa shape index (κ1) is 34.5. The van der Waals surface area contributed by atoms with E-state index in [1.54, 1.807) is 36.4 Å². The molecule has 3 aromatic rings.